The summed E-state index contributed by atoms with van der Waals surface area (Å²) in [6, 6.07) is 6.53. The van der Waals surface area contributed by atoms with Gasteiger partial charge in [0.1, 0.15) is 11.6 Å². The van der Waals surface area contributed by atoms with Crippen molar-refractivity contribution in [3.63, 3.8) is 0 Å². The van der Waals surface area contributed by atoms with Gasteiger partial charge in [0.15, 0.2) is 5.82 Å². The highest BCUT2D eigenvalue weighted by molar-refractivity contribution is 5.70. The number of halogens is 1. The van der Waals surface area contributed by atoms with Gasteiger partial charge in [-0.3, -0.25) is 4.79 Å². The van der Waals surface area contributed by atoms with Crippen molar-refractivity contribution in [3.8, 4) is 0 Å². The molecule has 1 unspecified atom stereocenters. The van der Waals surface area contributed by atoms with Crippen LogP contribution in [-0.4, -0.2) is 25.8 Å². The molecular weight excluding hydrogens is 261 g/mol. The highest BCUT2D eigenvalue weighted by atomic mass is 19.1. The molecule has 2 aromatic rings. The van der Waals surface area contributed by atoms with Crippen LogP contribution in [0, 0.1) is 11.7 Å². The lowest BCUT2D eigenvalue weighted by molar-refractivity contribution is -0.142. The number of aromatic nitrogens is 3. The number of fused-ring (bicyclic) bond motifs is 1. The quantitative estimate of drug-likeness (QED) is 0.925. The lowest BCUT2D eigenvalue weighted by Gasteiger charge is -2.18. The predicted octanol–water partition coefficient (Wildman–Crippen LogP) is 1.66. The molecule has 1 aliphatic heterocycles. The van der Waals surface area contributed by atoms with Crippen LogP contribution in [0.25, 0.3) is 0 Å². The number of carboxylic acids is 1. The van der Waals surface area contributed by atoms with E-state index in [9.17, 15) is 9.18 Å². The monoisotopic (exact) mass is 275 g/mol. The smallest absolute Gasteiger partial charge is 0.308 e. The zero-order valence-corrected chi connectivity index (χ0v) is 10.8. The Balaban J connectivity index is 1.81. The van der Waals surface area contributed by atoms with E-state index in [1.54, 1.807) is 22.9 Å². The van der Waals surface area contributed by atoms with Crippen LogP contribution in [0.4, 0.5) is 4.39 Å². The molecule has 1 N–H and O–H groups in total. The van der Waals surface area contributed by atoms with E-state index in [4.69, 9.17) is 5.11 Å². The zero-order chi connectivity index (χ0) is 14.1. The fourth-order valence-corrected chi connectivity index (χ4v) is 2.45. The third-order valence-corrected chi connectivity index (χ3v) is 3.56. The number of carbonyl (C=O) groups is 1. The molecule has 1 atom stereocenters. The fraction of sp³-hybridized carbons (Fsp3) is 0.357. The number of aliphatic carboxylic acids is 1. The average molecular weight is 275 g/mol. The van der Waals surface area contributed by atoms with Gasteiger partial charge in [0.2, 0.25) is 0 Å². The van der Waals surface area contributed by atoms with Crippen LogP contribution in [0.5, 0.6) is 0 Å². The first-order chi connectivity index (χ1) is 9.63. The summed E-state index contributed by atoms with van der Waals surface area (Å²) in [4.78, 5) is 15.4. The van der Waals surface area contributed by atoms with E-state index < -0.39 is 11.9 Å². The predicted molar refractivity (Wildman–Crippen MR) is 68.7 cm³/mol. The minimum atomic E-state index is -0.804. The van der Waals surface area contributed by atoms with Gasteiger partial charge in [-0.05, 0) is 18.1 Å². The van der Waals surface area contributed by atoms with E-state index in [0.717, 1.165) is 5.82 Å². The van der Waals surface area contributed by atoms with Crippen molar-refractivity contribution < 1.29 is 14.3 Å². The van der Waals surface area contributed by atoms with Gasteiger partial charge >= 0.3 is 5.97 Å². The van der Waals surface area contributed by atoms with Gasteiger partial charge in [0, 0.05) is 12.8 Å². The minimum absolute atomic E-state index is 0.274. The molecule has 0 aliphatic carbocycles. The highest BCUT2D eigenvalue weighted by Crippen LogP contribution is 2.19. The Morgan fingerprint density at radius 3 is 3.00 bits per heavy atom. The summed E-state index contributed by atoms with van der Waals surface area (Å²) >= 11 is 0. The Hall–Kier alpha value is -2.24. The van der Waals surface area contributed by atoms with Crippen molar-refractivity contribution in [1.29, 1.82) is 0 Å². The summed E-state index contributed by atoms with van der Waals surface area (Å²) in [5.41, 5.74) is 0.547. The summed E-state index contributed by atoms with van der Waals surface area (Å²) in [6.07, 6.45) is 1.50. The standard InChI is InChI=1S/C14H14FN3O2/c15-11-4-2-1-3-9(11)7-12-16-13-6-5-10(14(19)20)8-18(13)17-12/h1-4,10H,5-8H2,(H,19,20). The second kappa shape index (κ2) is 5.03. The minimum Gasteiger partial charge on any atom is -0.481 e. The fourth-order valence-electron chi connectivity index (χ4n) is 2.45. The van der Waals surface area contributed by atoms with Gasteiger partial charge in [-0.2, -0.15) is 5.10 Å². The van der Waals surface area contributed by atoms with Gasteiger partial charge in [0.05, 0.1) is 12.5 Å². The first kappa shape index (κ1) is 12.8. The number of benzene rings is 1. The zero-order valence-electron chi connectivity index (χ0n) is 10.8. The number of hydrogen-bond acceptors (Lipinski definition) is 3. The molecule has 0 bridgehead atoms. The van der Waals surface area contributed by atoms with Gasteiger partial charge in [0.25, 0.3) is 0 Å². The van der Waals surface area contributed by atoms with E-state index in [2.05, 4.69) is 10.1 Å². The normalized spacial score (nSPS) is 17.8. The maximum atomic E-state index is 13.6. The number of nitrogens with zero attached hydrogens (tertiary/aromatic N) is 3. The maximum absolute atomic E-state index is 13.6. The summed E-state index contributed by atoms with van der Waals surface area (Å²) in [5, 5.41) is 13.3. The molecule has 0 amide bonds. The Morgan fingerprint density at radius 1 is 1.45 bits per heavy atom. The van der Waals surface area contributed by atoms with Crippen molar-refractivity contribution in [2.75, 3.05) is 0 Å². The molecule has 1 aliphatic rings. The Labute approximate surface area is 115 Å². The first-order valence-electron chi connectivity index (χ1n) is 6.52. The summed E-state index contributed by atoms with van der Waals surface area (Å²) in [5.74, 6) is -0.166. The Kier molecular flexibility index (Phi) is 3.22. The van der Waals surface area contributed by atoms with Crippen LogP contribution in [-0.2, 0) is 24.2 Å². The molecule has 1 aromatic heterocycles. The van der Waals surface area contributed by atoms with E-state index in [0.29, 0.717) is 37.2 Å². The summed E-state index contributed by atoms with van der Waals surface area (Å²) in [6.45, 7) is 0.342. The Bertz CT molecular complexity index is 654. The molecule has 5 nitrogen and oxygen atoms in total. The first-order valence-corrected chi connectivity index (χ1v) is 6.52. The summed E-state index contributed by atoms with van der Waals surface area (Å²) < 4.78 is 15.2. The van der Waals surface area contributed by atoms with Crippen LogP contribution in [0.3, 0.4) is 0 Å². The van der Waals surface area contributed by atoms with Gasteiger partial charge in [-0.1, -0.05) is 18.2 Å². The highest BCUT2D eigenvalue weighted by Gasteiger charge is 2.26. The molecule has 3 rings (SSSR count). The van der Waals surface area contributed by atoms with Crippen LogP contribution >= 0.6 is 0 Å². The lowest BCUT2D eigenvalue weighted by Crippen LogP contribution is -2.27. The average Bonchev–Trinajstić information content (AvgIpc) is 2.82. The van der Waals surface area contributed by atoms with Crippen LogP contribution in [0.1, 0.15) is 23.6 Å². The third kappa shape index (κ3) is 2.41. The van der Waals surface area contributed by atoms with Gasteiger partial charge in [-0.15, -0.1) is 0 Å². The van der Waals surface area contributed by atoms with Gasteiger partial charge in [-0.25, -0.2) is 14.1 Å². The number of carboxylic acid groups (broad SMARTS) is 1. The molecule has 104 valence electrons. The van der Waals surface area contributed by atoms with Crippen molar-refractivity contribution in [2.45, 2.75) is 25.8 Å². The van der Waals surface area contributed by atoms with Gasteiger partial charge < -0.3 is 5.11 Å². The van der Waals surface area contributed by atoms with Crippen molar-refractivity contribution in [3.05, 3.63) is 47.3 Å². The summed E-state index contributed by atoms with van der Waals surface area (Å²) in [7, 11) is 0. The van der Waals surface area contributed by atoms with E-state index in [-0.39, 0.29) is 5.82 Å². The third-order valence-electron chi connectivity index (χ3n) is 3.56. The number of rotatable bonds is 3. The topological polar surface area (TPSA) is 68.0 Å². The number of aryl methyl sites for hydroxylation is 1. The molecule has 20 heavy (non-hydrogen) atoms. The molecule has 1 aromatic carbocycles. The van der Waals surface area contributed by atoms with E-state index in [1.165, 1.54) is 6.07 Å². The molecular formula is C14H14FN3O2. The largest absolute Gasteiger partial charge is 0.481 e. The van der Waals surface area contributed by atoms with E-state index in [1.807, 2.05) is 0 Å². The van der Waals surface area contributed by atoms with Crippen LogP contribution in [0.15, 0.2) is 24.3 Å². The molecule has 0 fully saturated rings. The SMILES string of the molecule is O=C(O)C1CCc2nc(Cc3ccccc3F)nn2C1. The molecule has 0 saturated carbocycles. The lowest BCUT2D eigenvalue weighted by atomic mass is 10.0. The molecule has 0 saturated heterocycles. The van der Waals surface area contributed by atoms with Crippen LogP contribution in [0.2, 0.25) is 0 Å². The second-order valence-corrected chi connectivity index (χ2v) is 4.97. The van der Waals surface area contributed by atoms with Crippen molar-refractivity contribution in [2.24, 2.45) is 5.92 Å². The second-order valence-electron chi connectivity index (χ2n) is 4.97. The molecule has 6 heteroatoms. The number of hydrogen-bond donors (Lipinski definition) is 1. The van der Waals surface area contributed by atoms with E-state index >= 15 is 0 Å². The van der Waals surface area contributed by atoms with Crippen LogP contribution < -0.4 is 0 Å². The molecule has 0 radical (unpaired) electrons. The maximum Gasteiger partial charge on any atom is 0.308 e. The van der Waals surface area contributed by atoms with Crippen molar-refractivity contribution >= 4 is 5.97 Å². The Morgan fingerprint density at radius 2 is 2.25 bits per heavy atom. The molecule has 2 heterocycles. The van der Waals surface area contributed by atoms with Crippen molar-refractivity contribution in [1.82, 2.24) is 14.8 Å². The molecule has 0 spiro atoms.